The zero-order chi connectivity index (χ0) is 13.1. The number of nitrogens with zero attached hydrogens (tertiary/aromatic N) is 1. The quantitative estimate of drug-likeness (QED) is 0.807. The van der Waals surface area contributed by atoms with E-state index in [0.717, 1.165) is 5.69 Å². The van der Waals surface area contributed by atoms with E-state index in [1.54, 1.807) is 25.3 Å². The van der Waals surface area contributed by atoms with Crippen LogP contribution in [0, 0.1) is 3.57 Å². The van der Waals surface area contributed by atoms with E-state index in [2.05, 4.69) is 15.3 Å². The molecule has 7 heteroatoms. The zero-order valence-corrected chi connectivity index (χ0v) is 12.2. The van der Waals surface area contributed by atoms with Crippen molar-refractivity contribution in [3.63, 3.8) is 0 Å². The van der Waals surface area contributed by atoms with Crippen molar-refractivity contribution < 1.29 is 4.74 Å². The first-order chi connectivity index (χ1) is 8.61. The molecule has 18 heavy (non-hydrogen) atoms. The predicted molar refractivity (Wildman–Crippen MR) is 78.9 cm³/mol. The molecule has 0 aliphatic carbocycles. The molecule has 2 aromatic rings. The minimum Gasteiger partial charge on any atom is -0.495 e. The summed E-state index contributed by atoms with van der Waals surface area (Å²) in [6.45, 7) is 0. The molecule has 1 aromatic carbocycles. The van der Waals surface area contributed by atoms with Gasteiger partial charge in [0.15, 0.2) is 5.82 Å². The maximum absolute atomic E-state index is 11.4. The van der Waals surface area contributed by atoms with Crippen molar-refractivity contribution in [2.45, 2.75) is 0 Å². The summed E-state index contributed by atoms with van der Waals surface area (Å²) in [6.07, 6.45) is 1.35. The van der Waals surface area contributed by atoms with Crippen molar-refractivity contribution in [2.75, 3.05) is 12.4 Å². The van der Waals surface area contributed by atoms with Crippen molar-refractivity contribution in [3.8, 4) is 5.75 Å². The second-order valence-electron chi connectivity index (χ2n) is 3.37. The fraction of sp³-hybridized carbons (Fsp3) is 0.0909. The number of benzene rings is 1. The number of hydrogen-bond acceptors (Lipinski definition) is 4. The second-order valence-corrected chi connectivity index (χ2v) is 4.85. The van der Waals surface area contributed by atoms with Crippen LogP contribution in [-0.2, 0) is 0 Å². The van der Waals surface area contributed by atoms with Gasteiger partial charge in [0, 0.05) is 5.69 Å². The van der Waals surface area contributed by atoms with E-state index in [-0.39, 0.29) is 5.56 Å². The number of ether oxygens (including phenoxy) is 1. The van der Waals surface area contributed by atoms with Gasteiger partial charge in [-0.15, -0.1) is 0 Å². The Balaban J connectivity index is 2.32. The Morgan fingerprint density at radius 2 is 2.28 bits per heavy atom. The molecule has 0 saturated heterocycles. The van der Waals surface area contributed by atoms with E-state index in [1.807, 2.05) is 22.6 Å². The molecular formula is C11H9ClIN3O2. The van der Waals surface area contributed by atoms with Gasteiger partial charge in [0.1, 0.15) is 9.32 Å². The maximum Gasteiger partial charge on any atom is 0.266 e. The molecule has 5 nitrogen and oxygen atoms in total. The highest BCUT2D eigenvalue weighted by Gasteiger charge is 2.07. The number of H-pyrrole nitrogens is 1. The third-order valence-electron chi connectivity index (χ3n) is 2.21. The van der Waals surface area contributed by atoms with Gasteiger partial charge < -0.3 is 15.0 Å². The monoisotopic (exact) mass is 377 g/mol. The Bertz CT molecular complexity index is 630. The molecule has 1 aromatic heterocycles. The number of nitrogens with one attached hydrogen (secondary N) is 2. The first kappa shape index (κ1) is 13.2. The molecule has 94 valence electrons. The fourth-order valence-electron chi connectivity index (χ4n) is 1.35. The lowest BCUT2D eigenvalue weighted by atomic mass is 10.3. The first-order valence-electron chi connectivity index (χ1n) is 4.95. The summed E-state index contributed by atoms with van der Waals surface area (Å²) in [4.78, 5) is 18.0. The lowest BCUT2D eigenvalue weighted by Gasteiger charge is -2.08. The number of hydrogen-bond donors (Lipinski definition) is 2. The van der Waals surface area contributed by atoms with Crippen LogP contribution in [0.4, 0.5) is 11.5 Å². The van der Waals surface area contributed by atoms with Crippen molar-refractivity contribution in [1.82, 2.24) is 9.97 Å². The smallest absolute Gasteiger partial charge is 0.266 e. The third kappa shape index (κ3) is 2.75. The highest BCUT2D eigenvalue weighted by Crippen LogP contribution is 2.28. The predicted octanol–water partition coefficient (Wildman–Crippen LogP) is 2.78. The molecule has 0 bridgehead atoms. The number of halogens is 2. The molecule has 2 rings (SSSR count). The van der Waals surface area contributed by atoms with Gasteiger partial charge in [-0.2, -0.15) is 0 Å². The van der Waals surface area contributed by atoms with Crippen LogP contribution in [0.25, 0.3) is 0 Å². The number of aromatic nitrogens is 2. The molecule has 0 saturated carbocycles. The molecule has 1 heterocycles. The molecule has 0 fully saturated rings. The van der Waals surface area contributed by atoms with Gasteiger partial charge in [-0.25, -0.2) is 4.98 Å². The Morgan fingerprint density at radius 3 is 2.94 bits per heavy atom. The molecular weight excluding hydrogens is 368 g/mol. The van der Waals surface area contributed by atoms with Crippen LogP contribution in [0.3, 0.4) is 0 Å². The van der Waals surface area contributed by atoms with Crippen LogP contribution >= 0.6 is 34.2 Å². The topological polar surface area (TPSA) is 67.0 Å². The Labute approximate surface area is 122 Å². The normalized spacial score (nSPS) is 10.2. The van der Waals surface area contributed by atoms with E-state index in [9.17, 15) is 4.79 Å². The summed E-state index contributed by atoms with van der Waals surface area (Å²) in [5.74, 6) is 1.08. The van der Waals surface area contributed by atoms with Crippen molar-refractivity contribution >= 4 is 45.7 Å². The van der Waals surface area contributed by atoms with E-state index in [1.165, 1.54) is 6.33 Å². The number of rotatable bonds is 3. The molecule has 0 spiro atoms. The van der Waals surface area contributed by atoms with Gasteiger partial charge >= 0.3 is 0 Å². The van der Waals surface area contributed by atoms with Crippen LogP contribution in [0.2, 0.25) is 5.02 Å². The molecule has 0 radical (unpaired) electrons. The maximum atomic E-state index is 11.4. The van der Waals surface area contributed by atoms with Crippen LogP contribution < -0.4 is 15.6 Å². The van der Waals surface area contributed by atoms with Gasteiger partial charge in [-0.05, 0) is 40.8 Å². The summed E-state index contributed by atoms with van der Waals surface area (Å²) < 4.78 is 5.55. The molecule has 2 N–H and O–H groups in total. The summed E-state index contributed by atoms with van der Waals surface area (Å²) in [5.41, 5.74) is 0.546. The lowest BCUT2D eigenvalue weighted by molar-refractivity contribution is 0.415. The third-order valence-corrected chi connectivity index (χ3v) is 3.51. The van der Waals surface area contributed by atoms with Crippen molar-refractivity contribution in [3.05, 3.63) is 43.5 Å². The van der Waals surface area contributed by atoms with E-state index >= 15 is 0 Å². The van der Waals surface area contributed by atoms with Crippen molar-refractivity contribution in [1.29, 1.82) is 0 Å². The Kier molecular flexibility index (Phi) is 4.07. The summed E-state index contributed by atoms with van der Waals surface area (Å²) in [7, 11) is 1.55. The van der Waals surface area contributed by atoms with Gasteiger partial charge in [0.2, 0.25) is 0 Å². The largest absolute Gasteiger partial charge is 0.495 e. The average Bonchev–Trinajstić information content (AvgIpc) is 2.35. The Hall–Kier alpha value is -1.28. The molecule has 0 amide bonds. The van der Waals surface area contributed by atoms with Gasteiger partial charge in [-0.3, -0.25) is 4.79 Å². The van der Waals surface area contributed by atoms with Gasteiger partial charge in [-0.1, -0.05) is 11.6 Å². The van der Waals surface area contributed by atoms with Crippen molar-refractivity contribution in [2.24, 2.45) is 0 Å². The summed E-state index contributed by atoms with van der Waals surface area (Å²) in [5, 5.41) is 3.51. The molecule has 0 atom stereocenters. The standard InChI is InChI=1S/C11H9ClIN3O2/c1-18-8-3-2-6(4-7(8)12)16-10-9(13)11(17)15-5-14-10/h2-5H,1H3,(H2,14,15,16,17). The highest BCUT2D eigenvalue weighted by molar-refractivity contribution is 14.1. The van der Waals surface area contributed by atoms with E-state index < -0.39 is 0 Å². The Morgan fingerprint density at radius 1 is 1.50 bits per heavy atom. The second kappa shape index (κ2) is 5.57. The van der Waals surface area contributed by atoms with Crippen LogP contribution in [0.15, 0.2) is 29.3 Å². The molecule has 0 aliphatic heterocycles. The fourth-order valence-corrected chi connectivity index (χ4v) is 2.04. The average molecular weight is 378 g/mol. The number of methoxy groups -OCH3 is 1. The van der Waals surface area contributed by atoms with Crippen LogP contribution in [0.1, 0.15) is 0 Å². The summed E-state index contributed by atoms with van der Waals surface area (Å²) >= 11 is 7.94. The molecule has 0 aliphatic rings. The first-order valence-corrected chi connectivity index (χ1v) is 6.41. The number of aromatic amines is 1. The number of anilines is 2. The van der Waals surface area contributed by atoms with E-state index in [4.69, 9.17) is 16.3 Å². The lowest BCUT2D eigenvalue weighted by Crippen LogP contribution is -2.12. The van der Waals surface area contributed by atoms with Crippen LogP contribution in [0.5, 0.6) is 5.75 Å². The molecule has 0 unspecified atom stereocenters. The van der Waals surface area contributed by atoms with Gasteiger partial charge in [0.05, 0.1) is 18.5 Å². The van der Waals surface area contributed by atoms with Crippen LogP contribution in [-0.4, -0.2) is 17.1 Å². The highest BCUT2D eigenvalue weighted by atomic mass is 127. The van der Waals surface area contributed by atoms with E-state index in [0.29, 0.717) is 20.2 Å². The van der Waals surface area contributed by atoms with Gasteiger partial charge in [0.25, 0.3) is 5.56 Å². The summed E-state index contributed by atoms with van der Waals surface area (Å²) in [6, 6.07) is 5.24. The SMILES string of the molecule is COc1ccc(Nc2nc[nH]c(=O)c2I)cc1Cl. The minimum atomic E-state index is -0.187. The minimum absolute atomic E-state index is 0.187. The zero-order valence-electron chi connectivity index (χ0n) is 9.33.